The van der Waals surface area contributed by atoms with Crippen molar-refractivity contribution in [2.24, 2.45) is 11.7 Å². The summed E-state index contributed by atoms with van der Waals surface area (Å²) in [6.45, 7) is 9.37. The van der Waals surface area contributed by atoms with E-state index in [1.807, 2.05) is 20.8 Å². The molecule has 6 nitrogen and oxygen atoms in total. The lowest BCUT2D eigenvalue weighted by atomic mass is 9.62. The number of hydrogen-bond acceptors (Lipinski definition) is 5. The third-order valence-corrected chi connectivity index (χ3v) is 5.77. The van der Waals surface area contributed by atoms with Crippen molar-refractivity contribution in [2.75, 3.05) is 32.7 Å². The molecule has 4 heterocycles. The Hall–Kier alpha value is -0.850. The van der Waals surface area contributed by atoms with Gasteiger partial charge in [0, 0.05) is 19.6 Å². The van der Waals surface area contributed by atoms with Gasteiger partial charge >= 0.3 is 6.09 Å². The monoisotopic (exact) mass is 325 g/mol. The van der Waals surface area contributed by atoms with E-state index in [0.29, 0.717) is 19.6 Å². The molecule has 4 saturated heterocycles. The van der Waals surface area contributed by atoms with Crippen LogP contribution in [0, 0.1) is 5.92 Å². The topological polar surface area (TPSA) is 79.0 Å². The van der Waals surface area contributed by atoms with Crippen LogP contribution in [0.25, 0.3) is 0 Å². The quantitative estimate of drug-likeness (QED) is 0.757. The molecule has 4 aliphatic rings. The van der Waals surface area contributed by atoms with Gasteiger partial charge in [-0.05, 0) is 65.5 Å². The minimum Gasteiger partial charge on any atom is -0.444 e. The molecule has 1 amide bonds. The van der Waals surface area contributed by atoms with Crippen LogP contribution in [0.3, 0.4) is 0 Å². The average molecular weight is 325 g/mol. The van der Waals surface area contributed by atoms with Crippen LogP contribution >= 0.6 is 0 Å². The van der Waals surface area contributed by atoms with Gasteiger partial charge in [0.1, 0.15) is 5.60 Å². The Balaban J connectivity index is 1.75. The molecule has 2 atom stereocenters. The molecule has 2 unspecified atom stereocenters. The fourth-order valence-corrected chi connectivity index (χ4v) is 4.52. The Bertz CT molecular complexity index is 470. The normalized spacial score (nSPS) is 41.0. The Labute approximate surface area is 138 Å². The summed E-state index contributed by atoms with van der Waals surface area (Å²) in [5.74, 6) is 0.246. The molecular formula is C17H31N3O3. The molecule has 0 aromatic heterocycles. The van der Waals surface area contributed by atoms with Crippen LogP contribution in [0.5, 0.6) is 0 Å². The van der Waals surface area contributed by atoms with Crippen molar-refractivity contribution in [1.29, 1.82) is 0 Å². The van der Waals surface area contributed by atoms with Crippen molar-refractivity contribution in [1.82, 2.24) is 9.80 Å². The van der Waals surface area contributed by atoms with Gasteiger partial charge in [-0.15, -0.1) is 0 Å². The number of amides is 1. The number of aliphatic hydroxyl groups is 1. The fraction of sp³-hybridized carbons (Fsp3) is 0.941. The molecule has 0 aromatic carbocycles. The highest BCUT2D eigenvalue weighted by Gasteiger charge is 2.58. The first-order valence-corrected chi connectivity index (χ1v) is 8.85. The number of nitrogens with zero attached hydrogens (tertiary/aromatic N) is 2. The Kier molecular flexibility index (Phi) is 4.14. The Morgan fingerprint density at radius 1 is 1.22 bits per heavy atom. The second-order valence-corrected chi connectivity index (χ2v) is 8.64. The lowest BCUT2D eigenvalue weighted by Gasteiger charge is -2.59. The minimum atomic E-state index is -0.899. The Morgan fingerprint density at radius 2 is 1.87 bits per heavy atom. The van der Waals surface area contributed by atoms with E-state index in [-0.39, 0.29) is 12.0 Å². The lowest BCUT2D eigenvalue weighted by molar-refractivity contribution is -0.167. The maximum Gasteiger partial charge on any atom is 0.410 e. The first kappa shape index (κ1) is 17.0. The van der Waals surface area contributed by atoms with Gasteiger partial charge in [0.15, 0.2) is 0 Å². The number of rotatable bonds is 1. The summed E-state index contributed by atoms with van der Waals surface area (Å²) in [5.41, 5.74) is 4.56. The van der Waals surface area contributed by atoms with Gasteiger partial charge in [-0.25, -0.2) is 4.79 Å². The maximum atomic E-state index is 12.4. The summed E-state index contributed by atoms with van der Waals surface area (Å²) >= 11 is 0. The molecule has 23 heavy (non-hydrogen) atoms. The summed E-state index contributed by atoms with van der Waals surface area (Å²) in [6, 6.07) is 0. The molecule has 2 bridgehead atoms. The highest BCUT2D eigenvalue weighted by Crippen LogP contribution is 2.44. The van der Waals surface area contributed by atoms with Crippen LogP contribution in [0.15, 0.2) is 0 Å². The van der Waals surface area contributed by atoms with Crippen LogP contribution < -0.4 is 5.73 Å². The van der Waals surface area contributed by atoms with E-state index in [1.165, 1.54) is 0 Å². The molecule has 0 spiro atoms. The molecule has 3 N–H and O–H groups in total. The molecule has 4 fully saturated rings. The molecule has 6 heteroatoms. The van der Waals surface area contributed by atoms with Crippen LogP contribution in [-0.4, -0.2) is 70.5 Å². The molecule has 0 aliphatic carbocycles. The summed E-state index contributed by atoms with van der Waals surface area (Å²) in [4.78, 5) is 16.4. The van der Waals surface area contributed by atoms with Crippen molar-refractivity contribution in [3.63, 3.8) is 0 Å². The first-order valence-electron chi connectivity index (χ1n) is 8.85. The van der Waals surface area contributed by atoms with Crippen molar-refractivity contribution in [2.45, 2.75) is 63.2 Å². The largest absolute Gasteiger partial charge is 0.444 e. The van der Waals surface area contributed by atoms with Gasteiger partial charge in [-0.1, -0.05) is 0 Å². The predicted molar refractivity (Wildman–Crippen MR) is 88.1 cm³/mol. The predicted octanol–water partition coefficient (Wildman–Crippen LogP) is 1.17. The average Bonchev–Trinajstić information content (AvgIpc) is 2.46. The van der Waals surface area contributed by atoms with Crippen LogP contribution in [0.1, 0.15) is 46.5 Å². The maximum absolute atomic E-state index is 12.4. The molecule has 0 radical (unpaired) electrons. The van der Waals surface area contributed by atoms with E-state index in [4.69, 9.17) is 10.5 Å². The van der Waals surface area contributed by atoms with Crippen molar-refractivity contribution < 1.29 is 14.6 Å². The van der Waals surface area contributed by atoms with E-state index in [1.54, 1.807) is 4.90 Å². The van der Waals surface area contributed by atoms with Crippen LogP contribution in [0.4, 0.5) is 4.79 Å². The first-order chi connectivity index (χ1) is 10.6. The van der Waals surface area contributed by atoms with E-state index in [0.717, 1.165) is 38.8 Å². The molecule has 132 valence electrons. The second kappa shape index (κ2) is 5.60. The number of carbonyl (C=O) groups is 1. The van der Waals surface area contributed by atoms with Crippen molar-refractivity contribution in [3.8, 4) is 0 Å². The molecule has 0 aromatic rings. The van der Waals surface area contributed by atoms with Gasteiger partial charge in [-0.3, -0.25) is 0 Å². The fourth-order valence-electron chi connectivity index (χ4n) is 4.52. The number of ether oxygens (including phenoxy) is 1. The number of hydrogen-bond donors (Lipinski definition) is 2. The van der Waals surface area contributed by atoms with E-state index < -0.39 is 16.7 Å². The highest BCUT2D eigenvalue weighted by atomic mass is 16.6. The van der Waals surface area contributed by atoms with Crippen LogP contribution in [-0.2, 0) is 4.74 Å². The smallest absolute Gasteiger partial charge is 0.410 e. The Morgan fingerprint density at radius 3 is 2.39 bits per heavy atom. The summed E-state index contributed by atoms with van der Waals surface area (Å²) in [6.07, 6.45) is 3.25. The second-order valence-electron chi connectivity index (χ2n) is 8.64. The standard InChI is InChI=1S/C17H31N3O3/c1-15(2,3)23-14(21)20-8-4-7-16(18,11-20)17(22)12-19-9-5-13(17)6-10-19/h13,22H,4-12,18H2,1-3H3. The van der Waals surface area contributed by atoms with Gasteiger partial charge in [0.2, 0.25) is 0 Å². The zero-order valence-electron chi connectivity index (χ0n) is 14.7. The zero-order chi connectivity index (χ0) is 16.9. The molecule has 4 aliphatic heterocycles. The SMILES string of the molecule is CC(C)(C)OC(=O)N1CCCC(N)(C2(O)CN3CCC2CC3)C1. The van der Waals surface area contributed by atoms with E-state index in [9.17, 15) is 9.90 Å². The van der Waals surface area contributed by atoms with Crippen molar-refractivity contribution in [3.05, 3.63) is 0 Å². The van der Waals surface area contributed by atoms with Gasteiger partial charge in [0.05, 0.1) is 11.1 Å². The molecule has 4 rings (SSSR count). The molecular weight excluding hydrogens is 294 g/mol. The van der Waals surface area contributed by atoms with E-state index >= 15 is 0 Å². The van der Waals surface area contributed by atoms with Crippen molar-refractivity contribution >= 4 is 6.09 Å². The minimum absolute atomic E-state index is 0.246. The molecule has 0 saturated carbocycles. The lowest BCUT2D eigenvalue weighted by Crippen LogP contribution is -2.77. The van der Waals surface area contributed by atoms with E-state index in [2.05, 4.69) is 4.90 Å². The zero-order valence-corrected chi connectivity index (χ0v) is 14.7. The number of likely N-dealkylation sites (tertiary alicyclic amines) is 1. The summed E-state index contributed by atoms with van der Waals surface area (Å²) in [7, 11) is 0. The third kappa shape index (κ3) is 3.08. The number of carbonyl (C=O) groups excluding carboxylic acids is 1. The summed E-state index contributed by atoms with van der Waals surface area (Å²) in [5, 5.41) is 11.4. The third-order valence-electron chi connectivity index (χ3n) is 5.77. The van der Waals surface area contributed by atoms with Crippen LogP contribution in [0.2, 0.25) is 0 Å². The van der Waals surface area contributed by atoms with Gasteiger partial charge < -0.3 is 25.4 Å². The highest BCUT2D eigenvalue weighted by molar-refractivity contribution is 5.68. The number of nitrogens with two attached hydrogens (primary N) is 1. The number of fused-ring (bicyclic) bond motifs is 3. The number of piperidine rings is 4. The summed E-state index contributed by atoms with van der Waals surface area (Å²) < 4.78 is 5.49. The van der Waals surface area contributed by atoms with Gasteiger partial charge in [-0.2, -0.15) is 0 Å². The van der Waals surface area contributed by atoms with Gasteiger partial charge in [0.25, 0.3) is 0 Å².